The minimum Gasteiger partial charge on any atom is -0.493 e. The van der Waals surface area contributed by atoms with Crippen LogP contribution < -0.4 is 9.47 Å². The molecular formula is C17H19NO6S2. The molecule has 26 heavy (non-hydrogen) atoms. The van der Waals surface area contributed by atoms with E-state index >= 15 is 0 Å². The first-order valence-electron chi connectivity index (χ1n) is 7.74. The fourth-order valence-corrected chi connectivity index (χ4v) is 3.68. The van der Waals surface area contributed by atoms with Gasteiger partial charge in [-0.2, -0.15) is 0 Å². The first-order valence-corrected chi connectivity index (χ1v) is 8.97. The Morgan fingerprint density at radius 1 is 1.35 bits per heavy atom. The van der Waals surface area contributed by atoms with Crippen molar-refractivity contribution in [2.24, 2.45) is 0 Å². The molecule has 1 aromatic carbocycles. The van der Waals surface area contributed by atoms with Crippen molar-refractivity contribution in [3.8, 4) is 11.5 Å². The van der Waals surface area contributed by atoms with E-state index in [1.807, 2.05) is 0 Å². The SMILES string of the molecule is COc1ccc(C(O)/C=C2\SC(=S)N(CCCC(=O)O)C2=O)cc1OC. The van der Waals surface area contributed by atoms with E-state index in [-0.39, 0.29) is 18.9 Å². The van der Waals surface area contributed by atoms with Crippen molar-refractivity contribution in [2.75, 3.05) is 20.8 Å². The van der Waals surface area contributed by atoms with Crippen molar-refractivity contribution < 1.29 is 29.3 Å². The number of hydrogen-bond donors (Lipinski definition) is 2. The van der Waals surface area contributed by atoms with Gasteiger partial charge in [-0.1, -0.05) is 30.0 Å². The third kappa shape index (κ3) is 4.75. The van der Waals surface area contributed by atoms with Gasteiger partial charge in [-0.3, -0.25) is 14.5 Å². The molecule has 1 atom stereocenters. The molecule has 1 amide bonds. The van der Waals surface area contributed by atoms with Gasteiger partial charge in [-0.15, -0.1) is 0 Å². The van der Waals surface area contributed by atoms with Gasteiger partial charge in [0, 0.05) is 13.0 Å². The molecular weight excluding hydrogens is 378 g/mol. The van der Waals surface area contributed by atoms with E-state index in [2.05, 4.69) is 0 Å². The zero-order chi connectivity index (χ0) is 19.3. The van der Waals surface area contributed by atoms with Crippen LogP contribution in [0.5, 0.6) is 11.5 Å². The molecule has 9 heteroatoms. The molecule has 1 heterocycles. The van der Waals surface area contributed by atoms with Crippen LogP contribution in [-0.2, 0) is 9.59 Å². The number of aliphatic carboxylic acids is 1. The normalized spacial score (nSPS) is 16.9. The number of nitrogens with zero attached hydrogens (tertiary/aromatic N) is 1. The second-order valence-corrected chi connectivity index (χ2v) is 7.09. The molecule has 2 N–H and O–H groups in total. The number of aliphatic hydroxyl groups is 1. The average molecular weight is 397 g/mol. The maximum Gasteiger partial charge on any atom is 0.303 e. The molecule has 0 saturated carbocycles. The third-order valence-electron chi connectivity index (χ3n) is 3.70. The highest BCUT2D eigenvalue weighted by molar-refractivity contribution is 8.26. The number of carbonyl (C=O) groups excluding carboxylic acids is 1. The Kier molecular flexibility index (Phi) is 7.01. The number of methoxy groups -OCH3 is 2. The smallest absolute Gasteiger partial charge is 0.303 e. The summed E-state index contributed by atoms with van der Waals surface area (Å²) in [6, 6.07) is 4.98. The summed E-state index contributed by atoms with van der Waals surface area (Å²) in [5, 5.41) is 19.1. The number of hydrogen-bond acceptors (Lipinski definition) is 7. The monoisotopic (exact) mass is 397 g/mol. The lowest BCUT2D eigenvalue weighted by Gasteiger charge is -2.13. The number of benzene rings is 1. The number of aliphatic hydroxyl groups excluding tert-OH is 1. The third-order valence-corrected chi connectivity index (χ3v) is 5.10. The lowest BCUT2D eigenvalue weighted by Crippen LogP contribution is -2.29. The highest BCUT2D eigenvalue weighted by Gasteiger charge is 2.32. The summed E-state index contributed by atoms with van der Waals surface area (Å²) in [4.78, 5) is 24.7. The van der Waals surface area contributed by atoms with Gasteiger partial charge in [0.15, 0.2) is 11.5 Å². The summed E-state index contributed by atoms with van der Waals surface area (Å²) in [7, 11) is 3.01. The highest BCUT2D eigenvalue weighted by atomic mass is 32.2. The summed E-state index contributed by atoms with van der Waals surface area (Å²) in [6.45, 7) is 0.237. The Morgan fingerprint density at radius 2 is 2.04 bits per heavy atom. The Hall–Kier alpha value is -2.10. The van der Waals surface area contributed by atoms with E-state index in [1.54, 1.807) is 18.2 Å². The summed E-state index contributed by atoms with van der Waals surface area (Å²) < 4.78 is 10.7. The second kappa shape index (κ2) is 9.02. The van der Waals surface area contributed by atoms with E-state index in [0.717, 1.165) is 11.8 Å². The first kappa shape index (κ1) is 20.2. The van der Waals surface area contributed by atoms with E-state index in [9.17, 15) is 14.7 Å². The van der Waals surface area contributed by atoms with Gasteiger partial charge < -0.3 is 19.7 Å². The molecule has 1 unspecified atom stereocenters. The fraction of sp³-hybridized carbons (Fsp3) is 0.353. The van der Waals surface area contributed by atoms with E-state index in [0.29, 0.717) is 32.7 Å². The Morgan fingerprint density at radius 3 is 2.65 bits per heavy atom. The maximum absolute atomic E-state index is 12.4. The molecule has 1 fully saturated rings. The first-order chi connectivity index (χ1) is 12.4. The van der Waals surface area contributed by atoms with Gasteiger partial charge in [0.1, 0.15) is 4.32 Å². The minimum atomic E-state index is -1.02. The Bertz CT molecular complexity index is 749. The quantitative estimate of drug-likeness (QED) is 0.510. The molecule has 1 aromatic rings. The van der Waals surface area contributed by atoms with Gasteiger partial charge >= 0.3 is 5.97 Å². The molecule has 1 aliphatic rings. The van der Waals surface area contributed by atoms with Crippen molar-refractivity contribution in [3.63, 3.8) is 0 Å². The van der Waals surface area contributed by atoms with Crippen LogP contribution >= 0.6 is 24.0 Å². The van der Waals surface area contributed by atoms with Crippen LogP contribution in [0.2, 0.25) is 0 Å². The number of rotatable bonds is 8. The lowest BCUT2D eigenvalue weighted by molar-refractivity contribution is -0.137. The van der Waals surface area contributed by atoms with E-state index in [4.69, 9.17) is 26.8 Å². The molecule has 0 radical (unpaired) electrons. The summed E-state index contributed by atoms with van der Waals surface area (Å²) in [5.74, 6) is -0.244. The highest BCUT2D eigenvalue weighted by Crippen LogP contribution is 2.35. The number of carboxylic acids is 1. The van der Waals surface area contributed by atoms with Crippen LogP contribution in [0.25, 0.3) is 0 Å². The number of thiocarbonyl (C=S) groups is 1. The average Bonchev–Trinajstić information content (AvgIpc) is 2.88. The lowest BCUT2D eigenvalue weighted by atomic mass is 10.1. The van der Waals surface area contributed by atoms with Gasteiger partial charge in [-0.25, -0.2) is 0 Å². The Labute approximate surface area is 160 Å². The molecule has 0 bridgehead atoms. The number of carbonyl (C=O) groups is 2. The second-order valence-electron chi connectivity index (χ2n) is 5.41. The van der Waals surface area contributed by atoms with Crippen LogP contribution in [0.1, 0.15) is 24.5 Å². The molecule has 140 valence electrons. The van der Waals surface area contributed by atoms with Crippen molar-refractivity contribution in [1.29, 1.82) is 0 Å². The molecule has 0 aromatic heterocycles. The molecule has 0 aliphatic carbocycles. The zero-order valence-electron chi connectivity index (χ0n) is 14.3. The van der Waals surface area contributed by atoms with Crippen molar-refractivity contribution in [2.45, 2.75) is 18.9 Å². The van der Waals surface area contributed by atoms with Crippen LogP contribution in [0, 0.1) is 0 Å². The largest absolute Gasteiger partial charge is 0.493 e. The standard InChI is InChI=1S/C17H19NO6S2/c1-23-12-6-5-10(8-13(12)24-2)11(19)9-14-16(22)18(17(25)26-14)7-3-4-15(20)21/h5-6,8-9,11,19H,3-4,7H2,1-2H3,(H,20,21)/b14-9-. The van der Waals surface area contributed by atoms with Crippen molar-refractivity contribution >= 4 is 40.2 Å². The molecule has 7 nitrogen and oxygen atoms in total. The summed E-state index contributed by atoms with van der Waals surface area (Å²) in [5.41, 5.74) is 0.541. The summed E-state index contributed by atoms with van der Waals surface area (Å²) in [6.07, 6.45) is 0.679. The number of thioether (sulfide) groups is 1. The molecule has 2 rings (SSSR count). The molecule has 0 spiro atoms. The van der Waals surface area contributed by atoms with Gasteiger partial charge in [0.25, 0.3) is 5.91 Å². The van der Waals surface area contributed by atoms with Crippen molar-refractivity contribution in [3.05, 3.63) is 34.7 Å². The number of carboxylic acid groups (broad SMARTS) is 1. The topological polar surface area (TPSA) is 96.3 Å². The van der Waals surface area contributed by atoms with E-state index in [1.165, 1.54) is 25.2 Å². The van der Waals surface area contributed by atoms with Crippen LogP contribution in [0.3, 0.4) is 0 Å². The van der Waals surface area contributed by atoms with Gasteiger partial charge in [0.05, 0.1) is 25.2 Å². The minimum absolute atomic E-state index is 0.0373. The number of ether oxygens (including phenoxy) is 2. The molecule has 1 saturated heterocycles. The maximum atomic E-state index is 12.4. The fourth-order valence-electron chi connectivity index (χ4n) is 2.37. The van der Waals surface area contributed by atoms with E-state index < -0.39 is 12.1 Å². The van der Waals surface area contributed by atoms with Crippen molar-refractivity contribution in [1.82, 2.24) is 4.90 Å². The predicted octanol–water partition coefficient (Wildman–Crippen LogP) is 2.35. The van der Waals surface area contributed by atoms with Crippen LogP contribution in [-0.4, -0.2) is 52.1 Å². The summed E-state index contributed by atoms with van der Waals surface area (Å²) >= 11 is 6.26. The van der Waals surface area contributed by atoms with Crippen LogP contribution in [0.15, 0.2) is 29.2 Å². The van der Waals surface area contributed by atoms with Crippen LogP contribution in [0.4, 0.5) is 0 Å². The Balaban J connectivity index is 2.12. The number of amides is 1. The van der Waals surface area contributed by atoms with Gasteiger partial charge in [0.2, 0.25) is 0 Å². The zero-order valence-corrected chi connectivity index (χ0v) is 15.9. The van der Waals surface area contributed by atoms with Gasteiger partial charge in [-0.05, 0) is 30.2 Å². The molecule has 1 aliphatic heterocycles. The predicted molar refractivity (Wildman–Crippen MR) is 101 cm³/mol.